The molecule has 2 heterocycles. The van der Waals surface area contributed by atoms with Crippen LogP contribution in [0.5, 0.6) is 0 Å². The van der Waals surface area contributed by atoms with Gasteiger partial charge in [0, 0.05) is 18.0 Å². The first-order chi connectivity index (χ1) is 10.6. The van der Waals surface area contributed by atoms with Crippen LogP contribution in [-0.2, 0) is 16.0 Å². The molecule has 5 heteroatoms. The predicted octanol–water partition coefficient (Wildman–Crippen LogP) is 2.73. The molecular formula is C17H17N3O2. The van der Waals surface area contributed by atoms with E-state index in [-0.39, 0.29) is 12.4 Å². The van der Waals surface area contributed by atoms with Gasteiger partial charge in [0.2, 0.25) is 5.78 Å². The molecule has 22 heavy (non-hydrogen) atoms. The predicted molar refractivity (Wildman–Crippen MR) is 83.6 cm³/mol. The van der Waals surface area contributed by atoms with Crippen molar-refractivity contribution in [3.63, 3.8) is 0 Å². The van der Waals surface area contributed by atoms with Gasteiger partial charge < -0.3 is 4.74 Å². The van der Waals surface area contributed by atoms with Crippen LogP contribution in [-0.4, -0.2) is 27.4 Å². The number of esters is 1. The Bertz CT molecular complexity index is 835. The number of carbonyl (C=O) groups is 1. The van der Waals surface area contributed by atoms with Crippen LogP contribution in [0.25, 0.3) is 17.0 Å². The number of hydrogen-bond donors (Lipinski definition) is 0. The monoisotopic (exact) mass is 295 g/mol. The lowest BCUT2D eigenvalue weighted by molar-refractivity contribution is -0.139. The number of nitrogens with zero attached hydrogens (tertiary/aromatic N) is 3. The summed E-state index contributed by atoms with van der Waals surface area (Å²) in [7, 11) is 1.39. The van der Waals surface area contributed by atoms with Crippen LogP contribution in [0.3, 0.4) is 0 Å². The van der Waals surface area contributed by atoms with Gasteiger partial charge in [-0.15, -0.1) is 0 Å². The second-order valence-corrected chi connectivity index (χ2v) is 5.33. The van der Waals surface area contributed by atoms with Crippen molar-refractivity contribution in [2.45, 2.75) is 20.3 Å². The van der Waals surface area contributed by atoms with Crippen LogP contribution < -0.4 is 0 Å². The van der Waals surface area contributed by atoms with Crippen LogP contribution in [0.4, 0.5) is 0 Å². The van der Waals surface area contributed by atoms with Gasteiger partial charge >= 0.3 is 5.97 Å². The van der Waals surface area contributed by atoms with Gasteiger partial charge in [-0.3, -0.25) is 9.20 Å². The number of ether oxygens (including phenoxy) is 1. The Labute approximate surface area is 128 Å². The number of rotatable bonds is 3. The maximum atomic E-state index is 11.8. The summed E-state index contributed by atoms with van der Waals surface area (Å²) < 4.78 is 6.67. The van der Waals surface area contributed by atoms with E-state index in [0.29, 0.717) is 5.78 Å². The standard InChI is InChI=1S/C17H17N3O2/c1-11-4-6-13(7-5-11)16-14(8-15(21)22-3)20-10-12(2)9-18-17(20)19-16/h4-7,9-10H,8H2,1-3H3. The van der Waals surface area contributed by atoms with E-state index in [4.69, 9.17) is 4.74 Å². The molecule has 0 spiro atoms. The van der Waals surface area contributed by atoms with Crippen molar-refractivity contribution in [2.24, 2.45) is 0 Å². The highest BCUT2D eigenvalue weighted by molar-refractivity contribution is 5.77. The van der Waals surface area contributed by atoms with Crippen LogP contribution >= 0.6 is 0 Å². The van der Waals surface area contributed by atoms with Gasteiger partial charge in [-0.25, -0.2) is 9.97 Å². The molecule has 3 aromatic rings. The Kier molecular flexibility index (Phi) is 3.63. The molecule has 0 N–H and O–H groups in total. The highest BCUT2D eigenvalue weighted by Gasteiger charge is 2.18. The summed E-state index contributed by atoms with van der Waals surface area (Å²) in [5, 5.41) is 0. The molecule has 0 aliphatic rings. The van der Waals surface area contributed by atoms with E-state index in [1.807, 2.05) is 48.7 Å². The van der Waals surface area contributed by atoms with Gasteiger partial charge in [0.25, 0.3) is 0 Å². The molecule has 0 saturated heterocycles. The first-order valence-corrected chi connectivity index (χ1v) is 7.06. The average Bonchev–Trinajstić information content (AvgIpc) is 2.86. The first-order valence-electron chi connectivity index (χ1n) is 7.06. The van der Waals surface area contributed by atoms with Gasteiger partial charge in [0.05, 0.1) is 24.9 Å². The van der Waals surface area contributed by atoms with Crippen LogP contribution in [0.2, 0.25) is 0 Å². The summed E-state index contributed by atoms with van der Waals surface area (Å²) >= 11 is 0. The number of benzene rings is 1. The summed E-state index contributed by atoms with van der Waals surface area (Å²) in [6, 6.07) is 8.06. The molecule has 0 amide bonds. The zero-order chi connectivity index (χ0) is 15.7. The Hall–Kier alpha value is -2.69. The Morgan fingerprint density at radius 1 is 1.18 bits per heavy atom. The molecule has 2 aromatic heterocycles. The Morgan fingerprint density at radius 2 is 1.91 bits per heavy atom. The summed E-state index contributed by atoms with van der Waals surface area (Å²) in [4.78, 5) is 20.7. The summed E-state index contributed by atoms with van der Waals surface area (Å²) in [6.45, 7) is 3.99. The molecule has 5 nitrogen and oxygen atoms in total. The van der Waals surface area contributed by atoms with Crippen molar-refractivity contribution < 1.29 is 9.53 Å². The topological polar surface area (TPSA) is 56.5 Å². The number of aromatic nitrogens is 3. The molecule has 0 atom stereocenters. The average molecular weight is 295 g/mol. The lowest BCUT2D eigenvalue weighted by Crippen LogP contribution is -2.08. The number of fused-ring (bicyclic) bond motifs is 1. The largest absolute Gasteiger partial charge is 0.469 e. The third-order valence-electron chi connectivity index (χ3n) is 3.57. The van der Waals surface area contributed by atoms with Gasteiger partial charge in [-0.05, 0) is 19.4 Å². The minimum Gasteiger partial charge on any atom is -0.469 e. The molecule has 0 unspecified atom stereocenters. The van der Waals surface area contributed by atoms with Crippen LogP contribution in [0, 0.1) is 13.8 Å². The normalized spacial score (nSPS) is 10.9. The zero-order valence-corrected chi connectivity index (χ0v) is 12.8. The molecule has 0 aliphatic heterocycles. The third kappa shape index (κ3) is 2.57. The fourth-order valence-electron chi connectivity index (χ4n) is 2.40. The van der Waals surface area contributed by atoms with E-state index in [0.717, 1.165) is 22.5 Å². The summed E-state index contributed by atoms with van der Waals surface area (Å²) in [5.74, 6) is 0.289. The van der Waals surface area contributed by atoms with Crippen molar-refractivity contribution in [3.05, 3.63) is 53.5 Å². The highest BCUT2D eigenvalue weighted by Crippen LogP contribution is 2.25. The van der Waals surface area contributed by atoms with Gasteiger partial charge in [0.1, 0.15) is 0 Å². The van der Waals surface area contributed by atoms with Crippen molar-refractivity contribution in [1.29, 1.82) is 0 Å². The van der Waals surface area contributed by atoms with Gasteiger partial charge in [-0.1, -0.05) is 29.8 Å². The van der Waals surface area contributed by atoms with E-state index < -0.39 is 0 Å². The van der Waals surface area contributed by atoms with Gasteiger partial charge in [0.15, 0.2) is 0 Å². The fourth-order valence-corrected chi connectivity index (χ4v) is 2.40. The van der Waals surface area contributed by atoms with E-state index in [1.165, 1.54) is 12.7 Å². The minimum absolute atomic E-state index is 0.159. The highest BCUT2D eigenvalue weighted by atomic mass is 16.5. The number of methoxy groups -OCH3 is 1. The molecule has 0 fully saturated rings. The van der Waals surface area contributed by atoms with Gasteiger partial charge in [-0.2, -0.15) is 0 Å². The van der Waals surface area contributed by atoms with Crippen LogP contribution in [0.15, 0.2) is 36.7 Å². The SMILES string of the molecule is COC(=O)Cc1c(-c2ccc(C)cc2)nc2ncc(C)cn12. The quantitative estimate of drug-likeness (QED) is 0.697. The van der Waals surface area contributed by atoms with E-state index in [1.54, 1.807) is 6.20 Å². The molecule has 3 rings (SSSR count). The zero-order valence-electron chi connectivity index (χ0n) is 12.8. The lowest BCUT2D eigenvalue weighted by atomic mass is 10.1. The van der Waals surface area contributed by atoms with Crippen molar-refractivity contribution >= 4 is 11.7 Å². The third-order valence-corrected chi connectivity index (χ3v) is 3.57. The van der Waals surface area contributed by atoms with Crippen molar-refractivity contribution in [2.75, 3.05) is 7.11 Å². The minimum atomic E-state index is -0.295. The molecule has 1 aromatic carbocycles. The maximum Gasteiger partial charge on any atom is 0.311 e. The lowest BCUT2D eigenvalue weighted by Gasteiger charge is -2.05. The second-order valence-electron chi connectivity index (χ2n) is 5.33. The molecular weight excluding hydrogens is 278 g/mol. The smallest absolute Gasteiger partial charge is 0.311 e. The number of aryl methyl sites for hydroxylation is 2. The van der Waals surface area contributed by atoms with Crippen LogP contribution in [0.1, 0.15) is 16.8 Å². The van der Waals surface area contributed by atoms with Crippen molar-refractivity contribution in [1.82, 2.24) is 14.4 Å². The Balaban J connectivity index is 2.21. The van der Waals surface area contributed by atoms with E-state index in [2.05, 4.69) is 9.97 Å². The molecule has 0 saturated carbocycles. The second kappa shape index (κ2) is 5.60. The van der Waals surface area contributed by atoms with E-state index in [9.17, 15) is 4.79 Å². The summed E-state index contributed by atoms with van der Waals surface area (Å²) in [6.07, 6.45) is 3.86. The first kappa shape index (κ1) is 14.3. The van der Waals surface area contributed by atoms with E-state index >= 15 is 0 Å². The van der Waals surface area contributed by atoms with Crippen molar-refractivity contribution in [3.8, 4) is 11.3 Å². The summed E-state index contributed by atoms with van der Waals surface area (Å²) in [5.41, 5.74) is 4.71. The molecule has 0 aliphatic carbocycles. The fraction of sp³-hybridized carbons (Fsp3) is 0.235. The Morgan fingerprint density at radius 3 is 2.59 bits per heavy atom. The molecule has 0 bridgehead atoms. The number of carbonyl (C=O) groups excluding carboxylic acids is 1. The number of hydrogen-bond acceptors (Lipinski definition) is 4. The maximum absolute atomic E-state index is 11.8. The molecule has 0 radical (unpaired) electrons. The molecule has 112 valence electrons. The number of imidazole rings is 1.